The molecule has 2 N–H and O–H groups in total. The zero-order chi connectivity index (χ0) is 28.0. The average molecular weight is 578 g/mol. The number of carboxylic acid groups (broad SMARTS) is 1. The summed E-state index contributed by atoms with van der Waals surface area (Å²) in [6.45, 7) is 8.37. The molecule has 0 bridgehead atoms. The third kappa shape index (κ3) is 6.94. The lowest BCUT2D eigenvalue weighted by Crippen LogP contribution is -2.13. The molecule has 1 aromatic heterocycles. The Kier molecular flexibility index (Phi) is 10.3. The molecule has 0 aliphatic heterocycles. The predicted octanol–water partition coefficient (Wildman–Crippen LogP) is 7.99. The first-order valence-corrected chi connectivity index (χ1v) is 13.7. The van der Waals surface area contributed by atoms with Gasteiger partial charge in [0.15, 0.2) is 5.13 Å². The van der Waals surface area contributed by atoms with Crippen LogP contribution in [0.15, 0.2) is 41.3 Å². The van der Waals surface area contributed by atoms with Gasteiger partial charge in [-0.05, 0) is 43.5 Å². The summed E-state index contributed by atoms with van der Waals surface area (Å²) in [4.78, 5) is 28.7. The number of thiazole rings is 1. The van der Waals surface area contributed by atoms with E-state index in [1.54, 1.807) is 7.11 Å². The quantitative estimate of drug-likeness (QED) is 0.224. The number of hydrogen-bond donors (Lipinski definition) is 2. The van der Waals surface area contributed by atoms with E-state index in [0.717, 1.165) is 17.5 Å². The number of carboxylic acids is 1. The van der Waals surface area contributed by atoms with E-state index < -0.39 is 11.9 Å². The van der Waals surface area contributed by atoms with Crippen molar-refractivity contribution in [3.8, 4) is 17.0 Å². The highest BCUT2D eigenvalue weighted by atomic mass is 35.5. The summed E-state index contributed by atoms with van der Waals surface area (Å²) in [6.07, 6.45) is 2.15. The van der Waals surface area contributed by atoms with Gasteiger partial charge in [0.2, 0.25) is 0 Å². The van der Waals surface area contributed by atoms with Crippen LogP contribution in [0.1, 0.15) is 61.7 Å². The molecule has 1 atom stereocenters. The van der Waals surface area contributed by atoms with Crippen molar-refractivity contribution in [2.75, 3.05) is 19.0 Å². The topological polar surface area (TPSA) is 97.8 Å². The Hall–Kier alpha value is -2.91. The molecule has 0 saturated heterocycles. The minimum Gasteiger partial charge on any atom is -0.496 e. The molecule has 0 fully saturated rings. The van der Waals surface area contributed by atoms with Gasteiger partial charge in [0, 0.05) is 39.8 Å². The fourth-order valence-electron chi connectivity index (χ4n) is 3.85. The monoisotopic (exact) mass is 576 g/mol. The lowest BCUT2D eigenvalue weighted by molar-refractivity contribution is -0.132. The molecule has 0 aliphatic rings. The number of halogens is 2. The van der Waals surface area contributed by atoms with Crippen molar-refractivity contribution < 1.29 is 24.2 Å². The van der Waals surface area contributed by atoms with Crippen LogP contribution in [-0.4, -0.2) is 35.7 Å². The van der Waals surface area contributed by atoms with Gasteiger partial charge in [0.25, 0.3) is 5.91 Å². The van der Waals surface area contributed by atoms with E-state index in [1.165, 1.54) is 36.5 Å². The number of carbonyl (C=O) groups is 2. The summed E-state index contributed by atoms with van der Waals surface area (Å²) in [5.74, 6) is -0.614. The summed E-state index contributed by atoms with van der Waals surface area (Å²) in [5, 5.41) is 14.4. The highest BCUT2D eigenvalue weighted by Gasteiger charge is 2.24. The van der Waals surface area contributed by atoms with Crippen LogP contribution < -0.4 is 10.1 Å². The normalized spacial score (nSPS) is 12.5. The molecule has 0 radical (unpaired) electrons. The summed E-state index contributed by atoms with van der Waals surface area (Å²) >= 11 is 13.9. The van der Waals surface area contributed by atoms with Gasteiger partial charge in [-0.2, -0.15) is 0 Å². The summed E-state index contributed by atoms with van der Waals surface area (Å²) in [6, 6.07) is 8.74. The summed E-state index contributed by atoms with van der Waals surface area (Å²) in [5.41, 5.74) is 3.01. The van der Waals surface area contributed by atoms with Gasteiger partial charge in [-0.1, -0.05) is 56.1 Å². The third-order valence-electron chi connectivity index (χ3n) is 5.70. The second-order valence-corrected chi connectivity index (χ2v) is 10.6. The van der Waals surface area contributed by atoms with Gasteiger partial charge in [-0.15, -0.1) is 11.3 Å². The van der Waals surface area contributed by atoms with Crippen molar-refractivity contribution in [2.24, 2.45) is 5.92 Å². The zero-order valence-corrected chi connectivity index (χ0v) is 24.1. The third-order valence-corrected chi connectivity index (χ3v) is 7.09. The Labute approximate surface area is 236 Å². The fourth-order valence-corrected chi connectivity index (χ4v) is 5.15. The maximum atomic E-state index is 12.9. The molecule has 2 aromatic carbocycles. The number of aliphatic carboxylic acids is 1. The van der Waals surface area contributed by atoms with Gasteiger partial charge in [-0.3, -0.25) is 10.1 Å². The van der Waals surface area contributed by atoms with Crippen molar-refractivity contribution >= 4 is 57.6 Å². The molecule has 202 valence electrons. The molecule has 1 unspecified atom stereocenters. The summed E-state index contributed by atoms with van der Waals surface area (Å²) in [7, 11) is 1.62. The molecule has 38 heavy (non-hydrogen) atoms. The molecular formula is C28H30Cl2N2O5S. The van der Waals surface area contributed by atoms with Crippen molar-refractivity contribution in [1.82, 2.24) is 4.98 Å². The Morgan fingerprint density at radius 1 is 1.21 bits per heavy atom. The number of hydrogen-bond acceptors (Lipinski definition) is 6. The number of benzene rings is 2. The molecule has 0 aliphatic carbocycles. The van der Waals surface area contributed by atoms with Crippen LogP contribution in [0, 0.1) is 5.92 Å². The van der Waals surface area contributed by atoms with E-state index in [-0.39, 0.29) is 33.2 Å². The Bertz CT molecular complexity index is 1330. The van der Waals surface area contributed by atoms with Gasteiger partial charge < -0.3 is 14.6 Å². The van der Waals surface area contributed by atoms with Gasteiger partial charge in [-0.25, -0.2) is 9.78 Å². The van der Waals surface area contributed by atoms with Crippen molar-refractivity contribution in [3.05, 3.63) is 68.0 Å². The van der Waals surface area contributed by atoms with Gasteiger partial charge in [0.1, 0.15) is 5.75 Å². The maximum absolute atomic E-state index is 12.9. The number of nitrogens with one attached hydrogen (secondary N) is 1. The van der Waals surface area contributed by atoms with Crippen LogP contribution in [0.4, 0.5) is 5.13 Å². The van der Waals surface area contributed by atoms with E-state index >= 15 is 0 Å². The highest BCUT2D eigenvalue weighted by Crippen LogP contribution is 2.40. The van der Waals surface area contributed by atoms with E-state index in [2.05, 4.69) is 31.1 Å². The van der Waals surface area contributed by atoms with Crippen molar-refractivity contribution in [3.63, 3.8) is 0 Å². The van der Waals surface area contributed by atoms with E-state index in [0.29, 0.717) is 28.7 Å². The van der Waals surface area contributed by atoms with E-state index in [9.17, 15) is 9.59 Å². The first kappa shape index (κ1) is 29.6. The first-order valence-electron chi connectivity index (χ1n) is 12.0. The number of para-hydroxylation sites is 1. The Morgan fingerprint density at radius 2 is 1.89 bits per heavy atom. The fraction of sp³-hybridized carbons (Fsp3) is 0.321. The number of amides is 1. The Balaban J connectivity index is 1.87. The molecule has 0 saturated carbocycles. The number of ether oxygens (including phenoxy) is 2. The maximum Gasteiger partial charge on any atom is 0.331 e. The number of methoxy groups -OCH3 is 1. The number of rotatable bonds is 11. The number of carbonyl (C=O) groups excluding carboxylic acids is 1. The predicted molar refractivity (Wildman–Crippen MR) is 154 cm³/mol. The van der Waals surface area contributed by atoms with Crippen LogP contribution in [0.25, 0.3) is 17.3 Å². The average Bonchev–Trinajstić information content (AvgIpc) is 3.33. The van der Waals surface area contributed by atoms with E-state index in [1.807, 2.05) is 23.6 Å². The minimum absolute atomic E-state index is 0.0671. The SMILES string of the molecule is CCCOC(c1cccc(-c2csc(NC(=O)c3cc(Cl)c(/C=C(\C)C(=O)O)c(Cl)c3)n2)c1OC)C(C)C. The van der Waals surface area contributed by atoms with Crippen LogP contribution in [-0.2, 0) is 9.53 Å². The number of aromatic nitrogens is 1. The molecule has 1 amide bonds. The summed E-state index contributed by atoms with van der Waals surface area (Å²) < 4.78 is 11.9. The highest BCUT2D eigenvalue weighted by molar-refractivity contribution is 7.14. The first-order chi connectivity index (χ1) is 18.1. The molecule has 3 aromatic rings. The molecule has 0 spiro atoms. The lowest BCUT2D eigenvalue weighted by atomic mass is 9.95. The van der Waals surface area contributed by atoms with Crippen LogP contribution in [0.5, 0.6) is 5.75 Å². The zero-order valence-electron chi connectivity index (χ0n) is 21.8. The van der Waals surface area contributed by atoms with Crippen molar-refractivity contribution in [1.29, 1.82) is 0 Å². The Morgan fingerprint density at radius 3 is 2.47 bits per heavy atom. The van der Waals surface area contributed by atoms with Crippen LogP contribution >= 0.6 is 34.5 Å². The second-order valence-electron chi connectivity index (χ2n) is 8.94. The van der Waals surface area contributed by atoms with E-state index in [4.69, 9.17) is 37.8 Å². The molecular weight excluding hydrogens is 547 g/mol. The van der Waals surface area contributed by atoms with Gasteiger partial charge in [0.05, 0.1) is 29.0 Å². The lowest BCUT2D eigenvalue weighted by Gasteiger charge is -2.24. The standard InChI is InChI=1S/C28H30Cl2N2O5S/c1-6-10-37-24(15(2)3)19-9-7-8-18(25(19)36-5)23-14-38-28(31-23)32-26(33)17-12-21(29)20(22(30)13-17)11-16(4)27(34)35/h7-9,11-15,24H,6,10H2,1-5H3,(H,34,35)(H,31,32,33)/b16-11+. The molecule has 1 heterocycles. The smallest absolute Gasteiger partial charge is 0.331 e. The second kappa shape index (κ2) is 13.2. The minimum atomic E-state index is -1.09. The van der Waals surface area contributed by atoms with Crippen LogP contribution in [0.3, 0.4) is 0 Å². The molecule has 10 heteroatoms. The van der Waals surface area contributed by atoms with Crippen molar-refractivity contribution in [2.45, 2.75) is 40.2 Å². The number of anilines is 1. The molecule has 7 nitrogen and oxygen atoms in total. The van der Waals surface area contributed by atoms with Gasteiger partial charge >= 0.3 is 5.97 Å². The largest absolute Gasteiger partial charge is 0.496 e. The molecule has 3 rings (SSSR count). The number of nitrogens with zero attached hydrogens (tertiary/aromatic N) is 1. The van der Waals surface area contributed by atoms with Crippen LogP contribution in [0.2, 0.25) is 10.0 Å².